The van der Waals surface area contributed by atoms with E-state index in [2.05, 4.69) is 35.1 Å². The molecule has 1 fully saturated rings. The first kappa shape index (κ1) is 14.3. The molecule has 0 saturated carbocycles. The van der Waals surface area contributed by atoms with Crippen LogP contribution in [0, 0.1) is 5.92 Å². The summed E-state index contributed by atoms with van der Waals surface area (Å²) in [6, 6.07) is 2.16. The van der Waals surface area contributed by atoms with Crippen molar-refractivity contribution in [2.24, 2.45) is 5.92 Å². The van der Waals surface area contributed by atoms with Crippen LogP contribution in [0.25, 0.3) is 0 Å². The van der Waals surface area contributed by atoms with E-state index in [4.69, 9.17) is 0 Å². The summed E-state index contributed by atoms with van der Waals surface area (Å²) in [5.74, 6) is 0.864. The van der Waals surface area contributed by atoms with E-state index in [-0.39, 0.29) is 0 Å². The van der Waals surface area contributed by atoms with Gasteiger partial charge >= 0.3 is 0 Å². The number of hydrogen-bond donors (Lipinski definition) is 1. The van der Waals surface area contributed by atoms with E-state index in [1.807, 2.05) is 12.4 Å². The van der Waals surface area contributed by atoms with E-state index in [1.54, 1.807) is 0 Å². The average Bonchev–Trinajstić information content (AvgIpc) is 2.64. The van der Waals surface area contributed by atoms with Gasteiger partial charge in [0.05, 0.1) is 11.9 Å². The first-order valence-corrected chi connectivity index (χ1v) is 7.69. The molecule has 1 aliphatic heterocycles. The van der Waals surface area contributed by atoms with Crippen molar-refractivity contribution in [1.82, 2.24) is 10.3 Å². The van der Waals surface area contributed by atoms with E-state index in [0.29, 0.717) is 0 Å². The second-order valence-electron chi connectivity index (χ2n) is 5.70. The predicted octanol–water partition coefficient (Wildman–Crippen LogP) is 3.21. The van der Waals surface area contributed by atoms with Gasteiger partial charge in [-0.2, -0.15) is 0 Å². The molecule has 0 amide bonds. The summed E-state index contributed by atoms with van der Waals surface area (Å²) in [5, 5.41) is 3.50. The summed E-state index contributed by atoms with van der Waals surface area (Å²) in [7, 11) is 0. The van der Waals surface area contributed by atoms with Crippen molar-refractivity contribution < 1.29 is 0 Å². The third kappa shape index (κ3) is 4.20. The lowest BCUT2D eigenvalue weighted by molar-refractivity contribution is 0.521. The molecule has 3 heteroatoms. The number of pyridine rings is 1. The Balaban J connectivity index is 2.05. The lowest BCUT2D eigenvalue weighted by atomic mass is 10.0. The van der Waals surface area contributed by atoms with Crippen LogP contribution in [0.2, 0.25) is 0 Å². The largest absolute Gasteiger partial charge is 0.370 e. The Morgan fingerprint density at radius 2 is 2.26 bits per heavy atom. The number of nitrogens with zero attached hydrogens (tertiary/aromatic N) is 2. The maximum atomic E-state index is 4.33. The molecule has 2 rings (SSSR count). The highest BCUT2D eigenvalue weighted by molar-refractivity contribution is 5.51. The van der Waals surface area contributed by atoms with Crippen LogP contribution in [0.5, 0.6) is 0 Å². The Labute approximate surface area is 117 Å². The molecule has 1 saturated heterocycles. The van der Waals surface area contributed by atoms with Crippen LogP contribution in [0.15, 0.2) is 18.5 Å². The maximum absolute atomic E-state index is 4.33. The SMILES string of the molecule is CCCNCc1ccncc1N1CCCC(C)CC1. The lowest BCUT2D eigenvalue weighted by Crippen LogP contribution is -2.26. The Morgan fingerprint density at radius 1 is 1.37 bits per heavy atom. The number of hydrogen-bond acceptors (Lipinski definition) is 3. The lowest BCUT2D eigenvalue weighted by Gasteiger charge is -2.25. The normalized spacial score (nSPS) is 20.3. The van der Waals surface area contributed by atoms with E-state index in [9.17, 15) is 0 Å². The molecule has 2 heterocycles. The second kappa shape index (κ2) is 7.49. The highest BCUT2D eigenvalue weighted by atomic mass is 15.1. The van der Waals surface area contributed by atoms with Crippen molar-refractivity contribution in [2.45, 2.75) is 46.1 Å². The molecule has 0 aromatic carbocycles. The van der Waals surface area contributed by atoms with E-state index in [1.165, 1.54) is 50.0 Å². The first-order chi connectivity index (χ1) is 9.31. The van der Waals surface area contributed by atoms with Gasteiger partial charge in [-0.05, 0) is 49.8 Å². The molecule has 1 N–H and O–H groups in total. The van der Waals surface area contributed by atoms with Crippen LogP contribution < -0.4 is 10.2 Å². The fourth-order valence-corrected chi connectivity index (χ4v) is 2.75. The molecule has 3 nitrogen and oxygen atoms in total. The molecular formula is C16H27N3. The van der Waals surface area contributed by atoms with Gasteiger partial charge in [-0.3, -0.25) is 4.98 Å². The summed E-state index contributed by atoms with van der Waals surface area (Å²) in [4.78, 5) is 6.86. The molecule has 1 atom stereocenters. The molecule has 1 unspecified atom stereocenters. The van der Waals surface area contributed by atoms with Gasteiger partial charge in [0.25, 0.3) is 0 Å². The molecule has 19 heavy (non-hydrogen) atoms. The van der Waals surface area contributed by atoms with Gasteiger partial charge < -0.3 is 10.2 Å². The van der Waals surface area contributed by atoms with Gasteiger partial charge in [0.15, 0.2) is 0 Å². The molecule has 0 bridgehead atoms. The molecule has 0 aliphatic carbocycles. The highest BCUT2D eigenvalue weighted by Crippen LogP contribution is 2.24. The van der Waals surface area contributed by atoms with Gasteiger partial charge in [-0.1, -0.05) is 13.8 Å². The number of aromatic nitrogens is 1. The molecule has 1 aromatic rings. The van der Waals surface area contributed by atoms with Crippen LogP contribution in [0.3, 0.4) is 0 Å². The zero-order valence-corrected chi connectivity index (χ0v) is 12.4. The van der Waals surface area contributed by atoms with Crippen molar-refractivity contribution in [3.63, 3.8) is 0 Å². The topological polar surface area (TPSA) is 28.2 Å². The van der Waals surface area contributed by atoms with Crippen molar-refractivity contribution in [1.29, 1.82) is 0 Å². The zero-order valence-electron chi connectivity index (χ0n) is 12.4. The summed E-state index contributed by atoms with van der Waals surface area (Å²) in [5.41, 5.74) is 2.72. The maximum Gasteiger partial charge on any atom is 0.0598 e. The smallest absolute Gasteiger partial charge is 0.0598 e. The number of anilines is 1. The van der Waals surface area contributed by atoms with Gasteiger partial charge in [0, 0.05) is 25.8 Å². The molecule has 1 aliphatic rings. The minimum Gasteiger partial charge on any atom is -0.370 e. The molecule has 106 valence electrons. The quantitative estimate of drug-likeness (QED) is 0.825. The van der Waals surface area contributed by atoms with Crippen LogP contribution in [-0.2, 0) is 6.54 Å². The van der Waals surface area contributed by atoms with E-state index < -0.39 is 0 Å². The first-order valence-electron chi connectivity index (χ1n) is 7.69. The minimum atomic E-state index is 0.864. The third-order valence-electron chi connectivity index (χ3n) is 3.99. The summed E-state index contributed by atoms with van der Waals surface area (Å²) in [6.45, 7) is 8.97. The van der Waals surface area contributed by atoms with Crippen molar-refractivity contribution >= 4 is 5.69 Å². The fraction of sp³-hybridized carbons (Fsp3) is 0.688. The second-order valence-corrected chi connectivity index (χ2v) is 5.70. The third-order valence-corrected chi connectivity index (χ3v) is 3.99. The van der Waals surface area contributed by atoms with Gasteiger partial charge in [0.2, 0.25) is 0 Å². The van der Waals surface area contributed by atoms with Crippen molar-refractivity contribution in [3.8, 4) is 0 Å². The Bertz CT molecular complexity index is 378. The summed E-state index contributed by atoms with van der Waals surface area (Å²) in [6.07, 6.45) is 9.10. The van der Waals surface area contributed by atoms with Crippen molar-refractivity contribution in [2.75, 3.05) is 24.5 Å². The van der Waals surface area contributed by atoms with Gasteiger partial charge in [-0.25, -0.2) is 0 Å². The number of rotatable bonds is 5. The van der Waals surface area contributed by atoms with Gasteiger partial charge in [-0.15, -0.1) is 0 Å². The van der Waals surface area contributed by atoms with Crippen LogP contribution in [0.1, 0.15) is 45.1 Å². The van der Waals surface area contributed by atoms with Crippen LogP contribution in [0.4, 0.5) is 5.69 Å². The molecular weight excluding hydrogens is 234 g/mol. The van der Waals surface area contributed by atoms with Crippen molar-refractivity contribution in [3.05, 3.63) is 24.0 Å². The standard InChI is InChI=1S/C16H27N3/c1-3-8-17-12-15-6-9-18-13-16(15)19-10-4-5-14(2)7-11-19/h6,9,13-14,17H,3-5,7-8,10-12H2,1-2H3. The number of nitrogens with one attached hydrogen (secondary N) is 1. The summed E-state index contributed by atoms with van der Waals surface area (Å²) < 4.78 is 0. The zero-order chi connectivity index (χ0) is 13.5. The molecule has 1 aromatic heterocycles. The molecule has 0 radical (unpaired) electrons. The van der Waals surface area contributed by atoms with E-state index in [0.717, 1.165) is 19.0 Å². The molecule has 0 spiro atoms. The van der Waals surface area contributed by atoms with E-state index >= 15 is 0 Å². The summed E-state index contributed by atoms with van der Waals surface area (Å²) >= 11 is 0. The Morgan fingerprint density at radius 3 is 3.11 bits per heavy atom. The Hall–Kier alpha value is -1.09. The monoisotopic (exact) mass is 261 g/mol. The van der Waals surface area contributed by atoms with Gasteiger partial charge in [0.1, 0.15) is 0 Å². The fourth-order valence-electron chi connectivity index (χ4n) is 2.75. The minimum absolute atomic E-state index is 0.864. The van der Waals surface area contributed by atoms with Crippen LogP contribution >= 0.6 is 0 Å². The van der Waals surface area contributed by atoms with Crippen LogP contribution in [-0.4, -0.2) is 24.6 Å². The predicted molar refractivity (Wildman–Crippen MR) is 81.5 cm³/mol. The average molecular weight is 261 g/mol. The highest BCUT2D eigenvalue weighted by Gasteiger charge is 2.16. The Kier molecular flexibility index (Phi) is 5.64.